The van der Waals surface area contributed by atoms with E-state index in [1.165, 1.54) is 29.1 Å². The number of nitrogens with zero attached hydrogens (tertiary/aromatic N) is 2. The highest BCUT2D eigenvalue weighted by molar-refractivity contribution is 5.89. The molecule has 0 spiro atoms. The Kier molecular flexibility index (Phi) is 4.23. The Morgan fingerprint density at radius 1 is 1.18 bits per heavy atom. The fraction of sp³-hybridized carbons (Fsp3) is 0.200. The van der Waals surface area contributed by atoms with E-state index in [1.807, 2.05) is 0 Å². The van der Waals surface area contributed by atoms with Crippen LogP contribution in [0.5, 0.6) is 0 Å². The van der Waals surface area contributed by atoms with Crippen LogP contribution in [0.4, 0.5) is 13.2 Å². The number of amides is 1. The summed E-state index contributed by atoms with van der Waals surface area (Å²) in [6.45, 7) is 1.56. The van der Waals surface area contributed by atoms with Crippen LogP contribution in [0.3, 0.4) is 0 Å². The van der Waals surface area contributed by atoms with Crippen molar-refractivity contribution in [2.24, 2.45) is 0 Å². The molecule has 0 saturated heterocycles. The molecule has 1 aliphatic carbocycles. The first-order valence-electron chi connectivity index (χ1n) is 8.59. The number of hydroxylamine groups is 1. The van der Waals surface area contributed by atoms with Gasteiger partial charge >= 0.3 is 0 Å². The third-order valence-corrected chi connectivity index (χ3v) is 5.37. The Balaban J connectivity index is 1.85. The largest absolute Gasteiger partial charge is 0.289 e. The van der Waals surface area contributed by atoms with E-state index in [2.05, 4.69) is 5.10 Å². The van der Waals surface area contributed by atoms with Gasteiger partial charge in [0.25, 0.3) is 5.91 Å². The topological polar surface area (TPSA) is 67.2 Å². The maximum absolute atomic E-state index is 14.3. The SMILES string of the molecule is Cc1c(F)cccc1[C@]1(C(=O)NO)Cc2cnn(-c3ccc(F)cc3F)c2C1. The van der Waals surface area contributed by atoms with Gasteiger partial charge in [-0.05, 0) is 48.2 Å². The minimum absolute atomic E-state index is 0.0406. The Labute approximate surface area is 158 Å². The standard InChI is InChI=1S/C20H16F3N3O2/c1-11-14(3-2-4-15(11)22)20(19(27)25-28)8-12-10-24-26(18(12)9-20)17-6-5-13(21)7-16(17)23/h2-7,10,28H,8-9H2,1H3,(H,25,27)/t20-/m0/s1. The van der Waals surface area contributed by atoms with Gasteiger partial charge in [0.1, 0.15) is 17.3 Å². The van der Waals surface area contributed by atoms with Crippen LogP contribution in [0.1, 0.15) is 22.4 Å². The second kappa shape index (κ2) is 6.49. The molecular weight excluding hydrogens is 371 g/mol. The number of carbonyl (C=O) groups is 1. The van der Waals surface area contributed by atoms with E-state index in [0.29, 0.717) is 22.4 Å². The molecule has 2 aromatic carbocycles. The first-order chi connectivity index (χ1) is 13.4. The molecule has 0 aliphatic heterocycles. The second-order valence-electron chi connectivity index (χ2n) is 6.91. The Morgan fingerprint density at radius 3 is 2.68 bits per heavy atom. The predicted octanol–water partition coefficient (Wildman–Crippen LogP) is 3.14. The average molecular weight is 387 g/mol. The molecule has 28 heavy (non-hydrogen) atoms. The van der Waals surface area contributed by atoms with Crippen molar-refractivity contribution in [2.45, 2.75) is 25.2 Å². The molecule has 1 aliphatic rings. The van der Waals surface area contributed by atoms with E-state index in [1.54, 1.807) is 18.5 Å². The minimum atomic E-state index is -1.27. The van der Waals surface area contributed by atoms with Crippen molar-refractivity contribution < 1.29 is 23.2 Å². The Morgan fingerprint density at radius 2 is 1.96 bits per heavy atom. The average Bonchev–Trinajstić information content (AvgIpc) is 3.22. The van der Waals surface area contributed by atoms with Crippen molar-refractivity contribution in [1.82, 2.24) is 15.3 Å². The van der Waals surface area contributed by atoms with Gasteiger partial charge in [-0.2, -0.15) is 5.10 Å². The predicted molar refractivity (Wildman–Crippen MR) is 93.6 cm³/mol. The van der Waals surface area contributed by atoms with E-state index in [9.17, 15) is 23.2 Å². The summed E-state index contributed by atoms with van der Waals surface area (Å²) in [7, 11) is 0. The first kappa shape index (κ1) is 18.2. The van der Waals surface area contributed by atoms with Crippen molar-refractivity contribution in [2.75, 3.05) is 0 Å². The second-order valence-corrected chi connectivity index (χ2v) is 6.91. The van der Waals surface area contributed by atoms with Gasteiger partial charge in [0, 0.05) is 18.2 Å². The zero-order valence-corrected chi connectivity index (χ0v) is 14.8. The zero-order chi connectivity index (χ0) is 20.1. The fourth-order valence-electron chi connectivity index (χ4n) is 3.98. The van der Waals surface area contributed by atoms with Crippen molar-refractivity contribution in [3.8, 4) is 5.69 Å². The third-order valence-electron chi connectivity index (χ3n) is 5.37. The maximum atomic E-state index is 14.3. The summed E-state index contributed by atoms with van der Waals surface area (Å²) >= 11 is 0. The molecule has 1 heterocycles. The van der Waals surface area contributed by atoms with Crippen LogP contribution in [-0.2, 0) is 23.1 Å². The van der Waals surface area contributed by atoms with E-state index in [4.69, 9.17) is 0 Å². The van der Waals surface area contributed by atoms with Crippen molar-refractivity contribution >= 4 is 5.91 Å². The number of fused-ring (bicyclic) bond motifs is 1. The summed E-state index contributed by atoms with van der Waals surface area (Å²) in [5.41, 5.74) is 2.38. The van der Waals surface area contributed by atoms with Crippen LogP contribution in [-0.4, -0.2) is 20.9 Å². The maximum Gasteiger partial charge on any atom is 0.254 e. The number of hydrogen-bond acceptors (Lipinski definition) is 3. The highest BCUT2D eigenvalue weighted by Crippen LogP contribution is 2.42. The molecule has 0 unspecified atom stereocenters. The van der Waals surface area contributed by atoms with Gasteiger partial charge in [-0.15, -0.1) is 0 Å². The summed E-state index contributed by atoms with van der Waals surface area (Å²) in [4.78, 5) is 12.7. The van der Waals surface area contributed by atoms with E-state index in [-0.39, 0.29) is 18.5 Å². The molecule has 1 amide bonds. The lowest BCUT2D eigenvalue weighted by molar-refractivity contribution is -0.135. The summed E-state index contributed by atoms with van der Waals surface area (Å²) in [5.74, 6) is -2.67. The summed E-state index contributed by atoms with van der Waals surface area (Å²) in [5, 5.41) is 13.5. The van der Waals surface area contributed by atoms with Crippen LogP contribution in [0.15, 0.2) is 42.6 Å². The van der Waals surface area contributed by atoms with Gasteiger partial charge < -0.3 is 0 Å². The molecule has 3 aromatic rings. The van der Waals surface area contributed by atoms with Crippen LogP contribution >= 0.6 is 0 Å². The van der Waals surface area contributed by atoms with E-state index >= 15 is 0 Å². The number of aromatic nitrogens is 2. The highest BCUT2D eigenvalue weighted by atomic mass is 19.1. The van der Waals surface area contributed by atoms with Gasteiger partial charge in [-0.25, -0.2) is 23.3 Å². The van der Waals surface area contributed by atoms with Crippen LogP contribution < -0.4 is 5.48 Å². The molecule has 144 valence electrons. The van der Waals surface area contributed by atoms with Crippen LogP contribution in [0.2, 0.25) is 0 Å². The Bertz CT molecular complexity index is 1100. The fourth-order valence-corrected chi connectivity index (χ4v) is 3.98. The lowest BCUT2D eigenvalue weighted by Crippen LogP contribution is -2.45. The number of nitrogens with one attached hydrogen (secondary N) is 1. The number of carbonyl (C=O) groups excluding carboxylic acids is 1. The van der Waals surface area contributed by atoms with Gasteiger partial charge in [0.15, 0.2) is 5.82 Å². The number of hydrogen-bond donors (Lipinski definition) is 2. The normalized spacial score (nSPS) is 18.2. The summed E-state index contributed by atoms with van der Waals surface area (Å²) < 4.78 is 43.0. The molecule has 1 atom stereocenters. The molecule has 2 N–H and O–H groups in total. The smallest absolute Gasteiger partial charge is 0.254 e. The molecular formula is C20H16F3N3O2. The molecule has 4 rings (SSSR count). The van der Waals surface area contributed by atoms with E-state index < -0.39 is 28.8 Å². The molecule has 5 nitrogen and oxygen atoms in total. The molecule has 0 saturated carbocycles. The van der Waals surface area contributed by atoms with Gasteiger partial charge in [0.2, 0.25) is 0 Å². The zero-order valence-electron chi connectivity index (χ0n) is 14.8. The van der Waals surface area contributed by atoms with Crippen molar-refractivity contribution in [1.29, 1.82) is 0 Å². The molecule has 8 heteroatoms. The number of halogens is 3. The van der Waals surface area contributed by atoms with Crippen LogP contribution in [0.25, 0.3) is 5.69 Å². The summed E-state index contributed by atoms with van der Waals surface area (Å²) in [6, 6.07) is 7.56. The van der Waals surface area contributed by atoms with Gasteiger partial charge in [-0.1, -0.05) is 12.1 Å². The molecule has 0 radical (unpaired) electrons. The van der Waals surface area contributed by atoms with E-state index in [0.717, 1.165) is 12.1 Å². The molecule has 0 bridgehead atoms. The Hall–Kier alpha value is -3.13. The molecule has 0 fully saturated rings. The highest BCUT2D eigenvalue weighted by Gasteiger charge is 2.48. The monoisotopic (exact) mass is 387 g/mol. The quantitative estimate of drug-likeness (QED) is 0.536. The third kappa shape index (κ3) is 2.60. The van der Waals surface area contributed by atoms with Gasteiger partial charge in [0.05, 0.1) is 11.6 Å². The van der Waals surface area contributed by atoms with Crippen molar-refractivity contribution in [3.63, 3.8) is 0 Å². The lowest BCUT2D eigenvalue weighted by Gasteiger charge is -2.29. The number of rotatable bonds is 3. The minimum Gasteiger partial charge on any atom is -0.289 e. The summed E-state index contributed by atoms with van der Waals surface area (Å²) in [6.07, 6.45) is 1.72. The van der Waals surface area contributed by atoms with Gasteiger partial charge in [-0.3, -0.25) is 10.0 Å². The van der Waals surface area contributed by atoms with Crippen molar-refractivity contribution in [3.05, 3.63) is 82.4 Å². The lowest BCUT2D eigenvalue weighted by atomic mass is 9.75. The van der Waals surface area contributed by atoms with Crippen LogP contribution in [0, 0.1) is 24.4 Å². The molecule has 1 aromatic heterocycles. The number of benzene rings is 2. The first-order valence-corrected chi connectivity index (χ1v) is 8.59.